The molecule has 2 N–H and O–H groups in total. The summed E-state index contributed by atoms with van der Waals surface area (Å²) in [5.74, 6) is 0. The molecule has 96 valence electrons. The molecule has 5 unspecified atom stereocenters. The third-order valence-corrected chi connectivity index (χ3v) is 2.70. The van der Waals surface area contributed by atoms with Crippen LogP contribution >= 0.6 is 0 Å². The van der Waals surface area contributed by atoms with E-state index < -0.39 is 41.1 Å². The third kappa shape index (κ3) is 3.10. The molecule has 1 aliphatic heterocycles. The molecule has 0 aromatic rings. The number of methoxy groups -OCH3 is 1. The molecule has 8 nitrogen and oxygen atoms in total. The zero-order chi connectivity index (χ0) is 12.5. The van der Waals surface area contributed by atoms with Gasteiger partial charge in [-0.25, -0.2) is 8.42 Å². The lowest BCUT2D eigenvalue weighted by Crippen LogP contribution is -2.58. The summed E-state index contributed by atoms with van der Waals surface area (Å²) < 4.78 is 45.0. The fourth-order valence-corrected chi connectivity index (χ4v) is 1.91. The first kappa shape index (κ1) is 13.8. The second kappa shape index (κ2) is 4.92. The van der Waals surface area contributed by atoms with Gasteiger partial charge >= 0.3 is 0 Å². The van der Waals surface area contributed by atoms with Gasteiger partial charge in [0.15, 0.2) is 12.4 Å². The number of rotatable bonds is 3. The van der Waals surface area contributed by atoms with Crippen molar-refractivity contribution in [1.82, 2.24) is 0 Å². The highest BCUT2D eigenvalue weighted by molar-refractivity contribution is 7.80. The molecular weight excluding hydrogens is 244 g/mol. The first-order chi connectivity index (χ1) is 7.26. The Balaban J connectivity index is 2.85. The molecule has 0 aromatic carbocycles. The van der Waals surface area contributed by atoms with Crippen molar-refractivity contribution in [3.8, 4) is 0 Å². The minimum atomic E-state index is -5.02. The molecule has 0 bridgehead atoms. The topological polar surface area (TPSA) is 125 Å². The molecule has 9 heteroatoms. The number of hydrogen-bond acceptors (Lipinski definition) is 8. The highest BCUT2D eigenvalue weighted by Crippen LogP contribution is 2.24. The van der Waals surface area contributed by atoms with Crippen molar-refractivity contribution in [2.24, 2.45) is 0 Å². The SMILES string of the molecule is COC1OC(C)C(O)C(O)C1OS(=O)(=O)[O-]. The van der Waals surface area contributed by atoms with Gasteiger partial charge in [-0.05, 0) is 6.92 Å². The number of ether oxygens (including phenoxy) is 2. The number of hydrogen-bond donors (Lipinski definition) is 2. The lowest BCUT2D eigenvalue weighted by molar-refractivity contribution is -0.280. The van der Waals surface area contributed by atoms with Gasteiger partial charge in [-0.15, -0.1) is 0 Å². The van der Waals surface area contributed by atoms with Gasteiger partial charge in [-0.3, -0.25) is 4.18 Å². The first-order valence-corrected chi connectivity index (χ1v) is 5.78. The highest BCUT2D eigenvalue weighted by Gasteiger charge is 2.44. The summed E-state index contributed by atoms with van der Waals surface area (Å²) in [5, 5.41) is 19.0. The van der Waals surface area contributed by atoms with Crippen molar-refractivity contribution in [1.29, 1.82) is 0 Å². The van der Waals surface area contributed by atoms with Crippen LogP contribution in [0.3, 0.4) is 0 Å². The van der Waals surface area contributed by atoms with Gasteiger partial charge in [0, 0.05) is 7.11 Å². The number of aliphatic hydroxyl groups is 2. The Kier molecular flexibility index (Phi) is 4.23. The molecule has 0 radical (unpaired) electrons. The Labute approximate surface area is 92.7 Å². The summed E-state index contributed by atoms with van der Waals surface area (Å²) in [4.78, 5) is 0. The average Bonchev–Trinajstić information content (AvgIpc) is 2.17. The molecule has 16 heavy (non-hydrogen) atoms. The van der Waals surface area contributed by atoms with Gasteiger partial charge in [-0.2, -0.15) is 0 Å². The zero-order valence-corrected chi connectivity index (χ0v) is 9.46. The van der Waals surface area contributed by atoms with Crippen LogP contribution in [0.15, 0.2) is 0 Å². The molecule has 1 rings (SSSR count). The smallest absolute Gasteiger partial charge is 0.218 e. The minimum Gasteiger partial charge on any atom is -0.726 e. The average molecular weight is 257 g/mol. The van der Waals surface area contributed by atoms with E-state index in [0.29, 0.717) is 0 Å². The van der Waals surface area contributed by atoms with E-state index >= 15 is 0 Å². The van der Waals surface area contributed by atoms with Crippen LogP contribution in [0.25, 0.3) is 0 Å². The van der Waals surface area contributed by atoms with Crippen LogP contribution in [-0.2, 0) is 24.1 Å². The van der Waals surface area contributed by atoms with Crippen molar-refractivity contribution in [2.75, 3.05) is 7.11 Å². The molecule has 0 aromatic heterocycles. The zero-order valence-electron chi connectivity index (χ0n) is 8.64. The molecule has 0 spiro atoms. The Morgan fingerprint density at radius 1 is 1.31 bits per heavy atom. The van der Waals surface area contributed by atoms with E-state index in [2.05, 4.69) is 4.18 Å². The fourth-order valence-electron chi connectivity index (χ4n) is 1.43. The maximum Gasteiger partial charge on any atom is 0.218 e. The van der Waals surface area contributed by atoms with E-state index in [1.165, 1.54) is 14.0 Å². The second-order valence-electron chi connectivity index (χ2n) is 3.40. The van der Waals surface area contributed by atoms with Crippen LogP contribution in [0.5, 0.6) is 0 Å². The molecular formula is C7H13O8S-. The maximum absolute atomic E-state index is 10.4. The van der Waals surface area contributed by atoms with E-state index in [4.69, 9.17) is 9.47 Å². The van der Waals surface area contributed by atoms with Crippen molar-refractivity contribution in [3.63, 3.8) is 0 Å². The fraction of sp³-hybridized carbons (Fsp3) is 1.00. The van der Waals surface area contributed by atoms with Crippen molar-refractivity contribution >= 4 is 10.4 Å². The molecule has 1 fully saturated rings. The minimum absolute atomic E-state index is 0.769. The quantitative estimate of drug-likeness (QED) is 0.437. The summed E-state index contributed by atoms with van der Waals surface area (Å²) in [5.41, 5.74) is 0. The van der Waals surface area contributed by atoms with Crippen LogP contribution in [0.4, 0.5) is 0 Å². The lowest BCUT2D eigenvalue weighted by atomic mass is 10.0. The van der Waals surface area contributed by atoms with Gasteiger partial charge in [0.1, 0.15) is 12.2 Å². The lowest BCUT2D eigenvalue weighted by Gasteiger charge is -2.40. The Morgan fingerprint density at radius 2 is 1.88 bits per heavy atom. The van der Waals surface area contributed by atoms with Crippen molar-refractivity contribution < 1.29 is 36.8 Å². The van der Waals surface area contributed by atoms with Crippen LogP contribution in [-0.4, -0.2) is 61.0 Å². The molecule has 0 saturated carbocycles. The van der Waals surface area contributed by atoms with E-state index in [1.54, 1.807) is 0 Å². The van der Waals surface area contributed by atoms with E-state index in [-0.39, 0.29) is 0 Å². The predicted molar refractivity (Wildman–Crippen MR) is 47.9 cm³/mol. The van der Waals surface area contributed by atoms with Gasteiger partial charge < -0.3 is 24.2 Å². The summed E-state index contributed by atoms with van der Waals surface area (Å²) in [6.07, 6.45) is -6.54. The second-order valence-corrected chi connectivity index (χ2v) is 4.40. The molecule has 1 aliphatic rings. The van der Waals surface area contributed by atoms with Crippen LogP contribution in [0.2, 0.25) is 0 Å². The molecule has 5 atom stereocenters. The summed E-state index contributed by atoms with van der Waals surface area (Å²) in [6, 6.07) is 0. The van der Waals surface area contributed by atoms with Crippen LogP contribution < -0.4 is 0 Å². The predicted octanol–water partition coefficient (Wildman–Crippen LogP) is -2.06. The summed E-state index contributed by atoms with van der Waals surface area (Å²) in [6.45, 7) is 1.46. The van der Waals surface area contributed by atoms with Gasteiger partial charge in [0.2, 0.25) is 10.4 Å². The Bertz CT molecular complexity index is 325. The largest absolute Gasteiger partial charge is 0.726 e. The van der Waals surface area contributed by atoms with Crippen LogP contribution in [0.1, 0.15) is 6.92 Å². The Hall–Kier alpha value is -0.290. The molecule has 1 heterocycles. The maximum atomic E-state index is 10.4. The standard InChI is InChI=1S/C7H14O8S/c1-3-4(8)5(9)6(7(13-2)14-3)15-16(10,11)12/h3-9H,1-2H3,(H,10,11,12)/p-1. The first-order valence-electron chi connectivity index (χ1n) is 4.44. The van der Waals surface area contributed by atoms with Gasteiger partial charge in [-0.1, -0.05) is 0 Å². The molecule has 0 amide bonds. The van der Waals surface area contributed by atoms with E-state index in [0.717, 1.165) is 0 Å². The monoisotopic (exact) mass is 257 g/mol. The summed E-state index contributed by atoms with van der Waals surface area (Å²) >= 11 is 0. The summed E-state index contributed by atoms with van der Waals surface area (Å²) in [7, 11) is -3.83. The number of aliphatic hydroxyl groups excluding tert-OH is 2. The van der Waals surface area contributed by atoms with E-state index in [1.807, 2.05) is 0 Å². The van der Waals surface area contributed by atoms with Gasteiger partial charge in [0.25, 0.3) is 0 Å². The van der Waals surface area contributed by atoms with Crippen LogP contribution in [0, 0.1) is 0 Å². The van der Waals surface area contributed by atoms with Gasteiger partial charge in [0.05, 0.1) is 6.10 Å². The van der Waals surface area contributed by atoms with Crippen molar-refractivity contribution in [3.05, 3.63) is 0 Å². The Morgan fingerprint density at radius 3 is 2.31 bits per heavy atom. The van der Waals surface area contributed by atoms with E-state index in [9.17, 15) is 23.2 Å². The molecule has 0 aliphatic carbocycles. The molecule has 1 saturated heterocycles. The van der Waals surface area contributed by atoms with Crippen molar-refractivity contribution in [2.45, 2.75) is 37.6 Å². The third-order valence-electron chi connectivity index (χ3n) is 2.25. The highest BCUT2D eigenvalue weighted by atomic mass is 32.3. The normalized spacial score (nSPS) is 40.9.